The lowest BCUT2D eigenvalue weighted by Gasteiger charge is -2.34. The van der Waals surface area contributed by atoms with E-state index >= 15 is 0 Å². The SMILES string of the molecule is CCOc1cc(N2CCOC(CNC)C2)cc([N+](=O)[O-])c1. The zero-order valence-corrected chi connectivity index (χ0v) is 12.4. The molecule has 21 heavy (non-hydrogen) atoms. The van der Waals surface area contributed by atoms with Crippen LogP contribution in [0.3, 0.4) is 0 Å². The number of benzene rings is 1. The van der Waals surface area contributed by atoms with Crippen LogP contribution in [-0.2, 0) is 4.74 Å². The zero-order chi connectivity index (χ0) is 15.2. The summed E-state index contributed by atoms with van der Waals surface area (Å²) in [6.07, 6.45) is 0.0820. The van der Waals surface area contributed by atoms with E-state index in [2.05, 4.69) is 10.2 Å². The average molecular weight is 295 g/mol. The van der Waals surface area contributed by atoms with Crippen LogP contribution in [0, 0.1) is 10.1 Å². The summed E-state index contributed by atoms with van der Waals surface area (Å²) >= 11 is 0. The first-order valence-corrected chi connectivity index (χ1v) is 7.07. The molecule has 116 valence electrons. The molecule has 1 saturated heterocycles. The molecule has 0 spiro atoms. The number of hydrogen-bond acceptors (Lipinski definition) is 6. The predicted molar refractivity (Wildman–Crippen MR) is 80.1 cm³/mol. The van der Waals surface area contributed by atoms with Gasteiger partial charge in [-0.1, -0.05) is 0 Å². The Bertz CT molecular complexity index is 493. The molecule has 1 atom stereocenters. The Kier molecular flexibility index (Phi) is 5.35. The number of ether oxygens (including phenoxy) is 2. The normalized spacial score (nSPS) is 18.6. The van der Waals surface area contributed by atoms with Crippen molar-refractivity contribution >= 4 is 11.4 Å². The van der Waals surface area contributed by atoms with Gasteiger partial charge in [-0.25, -0.2) is 0 Å². The quantitative estimate of drug-likeness (QED) is 0.632. The van der Waals surface area contributed by atoms with Crippen LogP contribution in [0.1, 0.15) is 6.92 Å². The predicted octanol–water partition coefficient (Wildman–Crippen LogP) is 1.42. The minimum Gasteiger partial charge on any atom is -0.494 e. The maximum Gasteiger partial charge on any atom is 0.275 e. The van der Waals surface area contributed by atoms with E-state index < -0.39 is 4.92 Å². The van der Waals surface area contributed by atoms with Crippen LogP contribution in [-0.4, -0.2) is 50.9 Å². The lowest BCUT2D eigenvalue weighted by Crippen LogP contribution is -2.46. The van der Waals surface area contributed by atoms with Crippen LogP contribution in [0.25, 0.3) is 0 Å². The number of hydrogen-bond donors (Lipinski definition) is 1. The molecule has 7 nitrogen and oxygen atoms in total. The van der Waals surface area contributed by atoms with Crippen molar-refractivity contribution in [2.75, 3.05) is 44.8 Å². The van der Waals surface area contributed by atoms with Crippen LogP contribution in [0.15, 0.2) is 18.2 Å². The molecule has 1 heterocycles. The molecule has 1 aromatic carbocycles. The van der Waals surface area contributed by atoms with E-state index in [4.69, 9.17) is 9.47 Å². The van der Waals surface area contributed by atoms with Crippen LogP contribution in [0.4, 0.5) is 11.4 Å². The minimum atomic E-state index is -0.391. The molecular weight excluding hydrogens is 274 g/mol. The summed E-state index contributed by atoms with van der Waals surface area (Å²) < 4.78 is 11.1. The monoisotopic (exact) mass is 295 g/mol. The summed E-state index contributed by atoms with van der Waals surface area (Å²) in [5.41, 5.74) is 0.852. The van der Waals surface area contributed by atoms with E-state index in [1.165, 1.54) is 6.07 Å². The van der Waals surface area contributed by atoms with Gasteiger partial charge >= 0.3 is 0 Å². The van der Waals surface area contributed by atoms with Gasteiger partial charge in [0.1, 0.15) is 5.75 Å². The Morgan fingerprint density at radius 3 is 3.00 bits per heavy atom. The van der Waals surface area contributed by atoms with Gasteiger partial charge in [0, 0.05) is 37.5 Å². The molecule has 0 radical (unpaired) electrons. The summed E-state index contributed by atoms with van der Waals surface area (Å²) in [7, 11) is 1.88. The van der Waals surface area contributed by atoms with Crippen LogP contribution in [0.2, 0.25) is 0 Å². The zero-order valence-electron chi connectivity index (χ0n) is 12.4. The molecule has 1 aliphatic rings. The third-order valence-corrected chi connectivity index (χ3v) is 3.33. The van der Waals surface area contributed by atoms with Crippen molar-refractivity contribution in [2.45, 2.75) is 13.0 Å². The summed E-state index contributed by atoms with van der Waals surface area (Å²) in [4.78, 5) is 12.8. The first-order valence-electron chi connectivity index (χ1n) is 7.07. The van der Waals surface area contributed by atoms with Gasteiger partial charge in [0.2, 0.25) is 0 Å². The fraction of sp³-hybridized carbons (Fsp3) is 0.571. The highest BCUT2D eigenvalue weighted by molar-refractivity contribution is 5.58. The van der Waals surface area contributed by atoms with Gasteiger partial charge in [-0.3, -0.25) is 10.1 Å². The second-order valence-corrected chi connectivity index (χ2v) is 4.87. The number of morpholine rings is 1. The molecule has 0 bridgehead atoms. The summed E-state index contributed by atoms with van der Waals surface area (Å²) in [6.45, 7) is 5.12. The molecule has 1 aromatic rings. The lowest BCUT2D eigenvalue weighted by molar-refractivity contribution is -0.384. The number of rotatable bonds is 6. The second kappa shape index (κ2) is 7.24. The number of anilines is 1. The van der Waals surface area contributed by atoms with Gasteiger partial charge in [-0.05, 0) is 14.0 Å². The summed E-state index contributed by atoms with van der Waals surface area (Å²) in [5, 5.41) is 14.1. The smallest absolute Gasteiger partial charge is 0.275 e. The van der Waals surface area contributed by atoms with Crippen molar-refractivity contribution in [2.24, 2.45) is 0 Å². The first-order chi connectivity index (χ1) is 10.1. The maximum absolute atomic E-state index is 11.1. The van der Waals surface area contributed by atoms with Gasteiger partial charge in [0.25, 0.3) is 5.69 Å². The molecule has 2 rings (SSSR count). The number of non-ortho nitro benzene ring substituents is 1. The number of nitrogens with one attached hydrogen (secondary N) is 1. The number of nitro groups is 1. The Morgan fingerprint density at radius 2 is 2.33 bits per heavy atom. The molecule has 0 aromatic heterocycles. The third kappa shape index (κ3) is 4.05. The van der Waals surface area contributed by atoms with E-state index in [9.17, 15) is 10.1 Å². The topological polar surface area (TPSA) is 76.9 Å². The highest BCUT2D eigenvalue weighted by Gasteiger charge is 2.22. The van der Waals surface area contributed by atoms with Crippen molar-refractivity contribution in [3.8, 4) is 5.75 Å². The Morgan fingerprint density at radius 1 is 1.52 bits per heavy atom. The van der Waals surface area contributed by atoms with Gasteiger partial charge in [-0.2, -0.15) is 0 Å². The van der Waals surface area contributed by atoms with Gasteiger partial charge in [0.15, 0.2) is 0 Å². The van der Waals surface area contributed by atoms with E-state index in [0.29, 0.717) is 32.1 Å². The summed E-state index contributed by atoms with van der Waals surface area (Å²) in [6, 6.07) is 4.89. The Balaban J connectivity index is 2.22. The van der Waals surface area contributed by atoms with Crippen LogP contribution in [0.5, 0.6) is 5.75 Å². The second-order valence-electron chi connectivity index (χ2n) is 4.87. The molecule has 7 heteroatoms. The minimum absolute atomic E-state index is 0.0487. The number of nitrogens with zero attached hydrogens (tertiary/aromatic N) is 2. The fourth-order valence-corrected chi connectivity index (χ4v) is 2.41. The molecule has 1 fully saturated rings. The van der Waals surface area contributed by atoms with Crippen molar-refractivity contribution in [3.63, 3.8) is 0 Å². The van der Waals surface area contributed by atoms with Crippen molar-refractivity contribution in [1.82, 2.24) is 5.32 Å². The number of likely N-dealkylation sites (N-methyl/N-ethyl adjacent to an activating group) is 1. The van der Waals surface area contributed by atoms with E-state index in [0.717, 1.165) is 12.2 Å². The number of nitro benzene ring substituents is 1. The highest BCUT2D eigenvalue weighted by atomic mass is 16.6. The molecule has 0 aliphatic carbocycles. The lowest BCUT2D eigenvalue weighted by atomic mass is 10.2. The third-order valence-electron chi connectivity index (χ3n) is 3.33. The summed E-state index contributed by atoms with van der Waals surface area (Å²) in [5.74, 6) is 0.526. The molecular formula is C14H21N3O4. The van der Waals surface area contributed by atoms with E-state index in [1.54, 1.807) is 6.07 Å². The Labute approximate surface area is 124 Å². The molecule has 0 saturated carbocycles. The first kappa shape index (κ1) is 15.5. The van der Waals surface area contributed by atoms with Crippen LogP contribution < -0.4 is 15.0 Å². The van der Waals surface area contributed by atoms with Gasteiger partial charge in [0.05, 0.1) is 30.3 Å². The van der Waals surface area contributed by atoms with E-state index in [-0.39, 0.29) is 11.8 Å². The fourth-order valence-electron chi connectivity index (χ4n) is 2.41. The van der Waals surface area contributed by atoms with Crippen molar-refractivity contribution in [3.05, 3.63) is 28.3 Å². The highest BCUT2D eigenvalue weighted by Crippen LogP contribution is 2.29. The molecule has 0 amide bonds. The van der Waals surface area contributed by atoms with Gasteiger partial charge in [-0.15, -0.1) is 0 Å². The molecule has 1 N–H and O–H groups in total. The standard InChI is InChI=1S/C14H21N3O4/c1-3-20-13-7-11(6-12(8-13)17(18)19)16-4-5-21-14(10-16)9-15-2/h6-8,14-15H,3-5,9-10H2,1-2H3. The van der Waals surface area contributed by atoms with Gasteiger partial charge < -0.3 is 19.7 Å². The van der Waals surface area contributed by atoms with Crippen molar-refractivity contribution < 1.29 is 14.4 Å². The molecule has 1 unspecified atom stereocenters. The Hall–Kier alpha value is -1.86. The maximum atomic E-state index is 11.1. The molecule has 1 aliphatic heterocycles. The average Bonchev–Trinajstić information content (AvgIpc) is 2.48. The van der Waals surface area contributed by atoms with Crippen LogP contribution >= 0.6 is 0 Å². The van der Waals surface area contributed by atoms with Crippen molar-refractivity contribution in [1.29, 1.82) is 0 Å². The van der Waals surface area contributed by atoms with E-state index in [1.807, 2.05) is 20.0 Å². The largest absolute Gasteiger partial charge is 0.494 e.